The van der Waals surface area contributed by atoms with Crippen LogP contribution in [0, 0.1) is 5.92 Å². The molecule has 1 saturated heterocycles. The fourth-order valence-electron chi connectivity index (χ4n) is 2.30. The summed E-state index contributed by atoms with van der Waals surface area (Å²) in [6.45, 7) is 3.77. The summed E-state index contributed by atoms with van der Waals surface area (Å²) in [6.07, 6.45) is 6.94. The van der Waals surface area contributed by atoms with Crippen molar-refractivity contribution < 1.29 is 0 Å². The van der Waals surface area contributed by atoms with Crippen LogP contribution in [0.1, 0.15) is 32.1 Å². The minimum absolute atomic E-state index is 0.457. The third-order valence-corrected chi connectivity index (χ3v) is 3.28. The van der Waals surface area contributed by atoms with E-state index in [2.05, 4.69) is 4.90 Å². The van der Waals surface area contributed by atoms with Crippen molar-refractivity contribution in [3.8, 4) is 0 Å². The molecule has 1 aliphatic heterocycles. The number of hydrogen-bond acceptors (Lipinski definition) is 2. The first kappa shape index (κ1) is 8.52. The first-order valence-electron chi connectivity index (χ1n) is 5.32. The van der Waals surface area contributed by atoms with Gasteiger partial charge in [0.25, 0.3) is 0 Å². The minimum Gasteiger partial charge on any atom is -0.327 e. The summed E-state index contributed by atoms with van der Waals surface area (Å²) in [5, 5.41) is 0. The van der Waals surface area contributed by atoms with Crippen molar-refractivity contribution in [2.24, 2.45) is 11.7 Å². The molecule has 2 heteroatoms. The van der Waals surface area contributed by atoms with Gasteiger partial charge in [0.15, 0.2) is 0 Å². The molecule has 1 saturated carbocycles. The van der Waals surface area contributed by atoms with E-state index in [4.69, 9.17) is 5.73 Å². The molecule has 2 aliphatic rings. The summed E-state index contributed by atoms with van der Waals surface area (Å²) < 4.78 is 0. The van der Waals surface area contributed by atoms with Crippen molar-refractivity contribution in [2.75, 3.05) is 19.6 Å². The van der Waals surface area contributed by atoms with Crippen LogP contribution in [-0.4, -0.2) is 30.6 Å². The highest BCUT2D eigenvalue weighted by molar-refractivity contribution is 4.79. The van der Waals surface area contributed by atoms with E-state index in [0.717, 1.165) is 12.5 Å². The van der Waals surface area contributed by atoms with Crippen LogP contribution in [0.5, 0.6) is 0 Å². The summed E-state index contributed by atoms with van der Waals surface area (Å²) in [7, 11) is 0. The fourth-order valence-corrected chi connectivity index (χ4v) is 2.30. The molecule has 0 amide bonds. The summed E-state index contributed by atoms with van der Waals surface area (Å²) >= 11 is 0. The summed E-state index contributed by atoms with van der Waals surface area (Å²) in [5.74, 6) is 1.01. The lowest BCUT2D eigenvalue weighted by Crippen LogP contribution is -2.45. The van der Waals surface area contributed by atoms with Crippen molar-refractivity contribution >= 4 is 0 Å². The molecule has 2 nitrogen and oxygen atoms in total. The molecule has 0 radical (unpaired) electrons. The lowest BCUT2D eigenvalue weighted by molar-refractivity contribution is 0.145. The zero-order valence-corrected chi connectivity index (χ0v) is 7.84. The molecule has 0 aromatic carbocycles. The van der Waals surface area contributed by atoms with E-state index in [0.29, 0.717) is 6.04 Å². The second kappa shape index (κ2) is 3.75. The van der Waals surface area contributed by atoms with Crippen LogP contribution < -0.4 is 5.73 Å². The Morgan fingerprint density at radius 1 is 1.17 bits per heavy atom. The molecule has 2 N–H and O–H groups in total. The Hall–Kier alpha value is -0.0800. The molecule has 1 atom stereocenters. The summed E-state index contributed by atoms with van der Waals surface area (Å²) in [5.41, 5.74) is 5.92. The van der Waals surface area contributed by atoms with E-state index < -0.39 is 0 Å². The molecular formula is C10H20N2. The zero-order chi connectivity index (χ0) is 8.39. The van der Waals surface area contributed by atoms with Gasteiger partial charge in [0.1, 0.15) is 0 Å². The Labute approximate surface area is 75.1 Å². The molecule has 0 aromatic rings. The van der Waals surface area contributed by atoms with E-state index in [1.165, 1.54) is 45.2 Å². The smallest absolute Gasteiger partial charge is 0.0168 e. The number of hydrogen-bond donors (Lipinski definition) is 1. The molecule has 0 aromatic heterocycles. The van der Waals surface area contributed by atoms with Crippen LogP contribution in [0.4, 0.5) is 0 Å². The lowest BCUT2D eigenvalue weighted by atomic mass is 9.84. The van der Waals surface area contributed by atoms with Gasteiger partial charge in [0.05, 0.1) is 0 Å². The van der Waals surface area contributed by atoms with Crippen LogP contribution in [0.3, 0.4) is 0 Å². The van der Waals surface area contributed by atoms with Crippen LogP contribution in [0.15, 0.2) is 0 Å². The fraction of sp³-hybridized carbons (Fsp3) is 1.00. The maximum absolute atomic E-state index is 5.92. The molecule has 2 fully saturated rings. The minimum atomic E-state index is 0.457. The number of nitrogens with zero attached hydrogens (tertiary/aromatic N) is 1. The number of nitrogens with two attached hydrogens (primary N) is 1. The average molecular weight is 168 g/mol. The quantitative estimate of drug-likeness (QED) is 0.671. The van der Waals surface area contributed by atoms with Crippen LogP contribution in [-0.2, 0) is 0 Å². The van der Waals surface area contributed by atoms with Gasteiger partial charge in [-0.25, -0.2) is 0 Å². The third-order valence-electron chi connectivity index (χ3n) is 3.28. The standard InChI is InChI=1S/C10H20N2/c11-10-5-2-6-12(8-10)7-9-3-1-4-9/h9-10H,1-8,11H2. The normalized spacial score (nSPS) is 33.2. The molecule has 1 heterocycles. The van der Waals surface area contributed by atoms with E-state index >= 15 is 0 Å². The van der Waals surface area contributed by atoms with E-state index in [1.54, 1.807) is 0 Å². The monoisotopic (exact) mass is 168 g/mol. The third kappa shape index (κ3) is 1.99. The van der Waals surface area contributed by atoms with Gasteiger partial charge in [-0.05, 0) is 38.1 Å². The summed E-state index contributed by atoms with van der Waals surface area (Å²) in [4.78, 5) is 2.57. The molecule has 1 unspecified atom stereocenters. The molecule has 12 heavy (non-hydrogen) atoms. The highest BCUT2D eigenvalue weighted by Gasteiger charge is 2.23. The topological polar surface area (TPSA) is 29.3 Å². The van der Waals surface area contributed by atoms with Gasteiger partial charge in [-0.2, -0.15) is 0 Å². The Morgan fingerprint density at radius 3 is 2.58 bits per heavy atom. The SMILES string of the molecule is NC1CCCN(CC2CCC2)C1. The molecule has 0 spiro atoms. The predicted octanol–water partition coefficient (Wildman–Crippen LogP) is 1.21. The second-order valence-electron chi connectivity index (χ2n) is 4.46. The Balaban J connectivity index is 1.71. The summed E-state index contributed by atoms with van der Waals surface area (Å²) in [6, 6.07) is 0.457. The van der Waals surface area contributed by atoms with Crippen LogP contribution in [0.2, 0.25) is 0 Å². The van der Waals surface area contributed by atoms with Crippen molar-refractivity contribution in [2.45, 2.75) is 38.1 Å². The highest BCUT2D eigenvalue weighted by Crippen LogP contribution is 2.27. The van der Waals surface area contributed by atoms with E-state index in [1.807, 2.05) is 0 Å². The van der Waals surface area contributed by atoms with Crippen molar-refractivity contribution in [3.05, 3.63) is 0 Å². The maximum atomic E-state index is 5.92. The van der Waals surface area contributed by atoms with Crippen molar-refractivity contribution in [1.29, 1.82) is 0 Å². The largest absolute Gasteiger partial charge is 0.327 e. The van der Waals surface area contributed by atoms with E-state index in [-0.39, 0.29) is 0 Å². The first-order valence-corrected chi connectivity index (χ1v) is 5.32. The van der Waals surface area contributed by atoms with E-state index in [9.17, 15) is 0 Å². The molecule has 1 aliphatic carbocycles. The maximum Gasteiger partial charge on any atom is 0.0168 e. The average Bonchev–Trinajstić information content (AvgIpc) is 1.97. The predicted molar refractivity (Wildman–Crippen MR) is 51.0 cm³/mol. The Bertz CT molecular complexity index is 143. The Kier molecular flexibility index (Phi) is 2.66. The number of likely N-dealkylation sites (tertiary alicyclic amines) is 1. The zero-order valence-electron chi connectivity index (χ0n) is 7.84. The molecule has 70 valence electrons. The number of rotatable bonds is 2. The first-order chi connectivity index (χ1) is 5.84. The molecule has 0 bridgehead atoms. The second-order valence-corrected chi connectivity index (χ2v) is 4.46. The molecular weight excluding hydrogens is 148 g/mol. The van der Waals surface area contributed by atoms with Gasteiger partial charge in [-0.3, -0.25) is 0 Å². The van der Waals surface area contributed by atoms with Crippen LogP contribution in [0.25, 0.3) is 0 Å². The molecule has 2 rings (SSSR count). The van der Waals surface area contributed by atoms with Gasteiger partial charge >= 0.3 is 0 Å². The van der Waals surface area contributed by atoms with Gasteiger partial charge in [0.2, 0.25) is 0 Å². The lowest BCUT2D eigenvalue weighted by Gasteiger charge is -2.36. The van der Waals surface area contributed by atoms with Gasteiger partial charge in [-0.1, -0.05) is 6.42 Å². The van der Waals surface area contributed by atoms with Gasteiger partial charge < -0.3 is 10.6 Å². The van der Waals surface area contributed by atoms with Gasteiger partial charge in [-0.15, -0.1) is 0 Å². The number of piperidine rings is 1. The van der Waals surface area contributed by atoms with Crippen LogP contribution >= 0.6 is 0 Å². The van der Waals surface area contributed by atoms with Crippen molar-refractivity contribution in [1.82, 2.24) is 4.90 Å². The Morgan fingerprint density at radius 2 is 2.00 bits per heavy atom. The van der Waals surface area contributed by atoms with Gasteiger partial charge in [0, 0.05) is 19.1 Å². The van der Waals surface area contributed by atoms with Crippen molar-refractivity contribution in [3.63, 3.8) is 0 Å². The highest BCUT2D eigenvalue weighted by atomic mass is 15.1.